The van der Waals surface area contributed by atoms with Crippen molar-refractivity contribution in [2.45, 2.75) is 19.5 Å². The number of hydrogen-bond acceptors (Lipinski definition) is 3. The standard InChI is InChI=1S/C22H22FN3O/c1-15(27)26-13-19-12-25(11-17-5-2-4-16(8-17)10-24)14-21(19)22(26)18-6-3-7-20(23)9-18/h2-9,19,21-22H,11-14H2,1H3/t19-,21-,22+/m1/s1. The highest BCUT2D eigenvalue weighted by Crippen LogP contribution is 2.45. The zero-order valence-corrected chi connectivity index (χ0v) is 15.3. The van der Waals surface area contributed by atoms with E-state index in [0.717, 1.165) is 37.3 Å². The summed E-state index contributed by atoms with van der Waals surface area (Å²) in [6, 6.07) is 16.5. The third-order valence-electron chi connectivity index (χ3n) is 5.80. The molecule has 2 aliphatic rings. The van der Waals surface area contributed by atoms with Gasteiger partial charge in [-0.2, -0.15) is 5.26 Å². The average Bonchev–Trinajstić information content (AvgIpc) is 3.19. The number of carbonyl (C=O) groups is 1. The molecule has 2 aromatic rings. The summed E-state index contributed by atoms with van der Waals surface area (Å²) in [6.07, 6.45) is 0. The van der Waals surface area contributed by atoms with Gasteiger partial charge in [-0.15, -0.1) is 0 Å². The number of hydrogen-bond donors (Lipinski definition) is 0. The van der Waals surface area contributed by atoms with Crippen LogP contribution in [-0.2, 0) is 11.3 Å². The van der Waals surface area contributed by atoms with Gasteiger partial charge in [0.15, 0.2) is 0 Å². The molecule has 138 valence electrons. The summed E-state index contributed by atoms with van der Waals surface area (Å²) in [6.45, 7) is 4.89. The number of amides is 1. The first-order valence-electron chi connectivity index (χ1n) is 9.29. The number of nitrogens with zero attached hydrogens (tertiary/aromatic N) is 3. The van der Waals surface area contributed by atoms with E-state index in [0.29, 0.717) is 17.4 Å². The first-order chi connectivity index (χ1) is 13.0. The van der Waals surface area contributed by atoms with Crippen molar-refractivity contribution in [2.75, 3.05) is 19.6 Å². The zero-order chi connectivity index (χ0) is 19.0. The molecule has 0 unspecified atom stereocenters. The van der Waals surface area contributed by atoms with Crippen LogP contribution in [-0.4, -0.2) is 35.3 Å². The maximum Gasteiger partial charge on any atom is 0.219 e. The molecule has 0 spiro atoms. The monoisotopic (exact) mass is 363 g/mol. The number of benzene rings is 2. The highest BCUT2D eigenvalue weighted by atomic mass is 19.1. The van der Waals surface area contributed by atoms with E-state index in [1.165, 1.54) is 6.07 Å². The Kier molecular flexibility index (Phi) is 4.67. The van der Waals surface area contributed by atoms with E-state index in [1.807, 2.05) is 35.2 Å². The SMILES string of the molecule is CC(=O)N1C[C@H]2CN(Cc3cccc(C#N)c3)C[C@H]2[C@@H]1c1cccc(F)c1. The van der Waals surface area contributed by atoms with Crippen molar-refractivity contribution in [1.82, 2.24) is 9.80 Å². The van der Waals surface area contributed by atoms with Crippen molar-refractivity contribution in [3.63, 3.8) is 0 Å². The first kappa shape index (κ1) is 17.7. The molecule has 4 nitrogen and oxygen atoms in total. The molecular formula is C22H22FN3O. The van der Waals surface area contributed by atoms with Gasteiger partial charge in [-0.05, 0) is 41.3 Å². The molecule has 2 saturated heterocycles. The zero-order valence-electron chi connectivity index (χ0n) is 15.3. The molecule has 0 aromatic heterocycles. The summed E-state index contributed by atoms with van der Waals surface area (Å²) in [5.74, 6) is 0.478. The van der Waals surface area contributed by atoms with E-state index in [1.54, 1.807) is 19.1 Å². The van der Waals surface area contributed by atoms with Crippen LogP contribution in [0.4, 0.5) is 4.39 Å². The molecular weight excluding hydrogens is 341 g/mol. The number of halogens is 1. The van der Waals surface area contributed by atoms with Gasteiger partial charge in [0.25, 0.3) is 0 Å². The minimum atomic E-state index is -0.261. The number of nitriles is 1. The lowest BCUT2D eigenvalue weighted by Crippen LogP contribution is -2.34. The number of rotatable bonds is 3. The van der Waals surface area contributed by atoms with Gasteiger partial charge in [-0.25, -0.2) is 4.39 Å². The maximum absolute atomic E-state index is 13.8. The van der Waals surface area contributed by atoms with E-state index in [9.17, 15) is 9.18 Å². The van der Waals surface area contributed by atoms with Crippen LogP contribution in [0.2, 0.25) is 0 Å². The van der Waals surface area contributed by atoms with Crippen LogP contribution >= 0.6 is 0 Å². The van der Waals surface area contributed by atoms with E-state index in [2.05, 4.69) is 11.0 Å². The second-order valence-corrected chi connectivity index (χ2v) is 7.60. The predicted octanol–water partition coefficient (Wildman–Crippen LogP) is 3.35. The molecule has 0 N–H and O–H groups in total. The van der Waals surface area contributed by atoms with Gasteiger partial charge in [0, 0.05) is 39.0 Å². The maximum atomic E-state index is 13.8. The summed E-state index contributed by atoms with van der Waals surface area (Å²) in [5.41, 5.74) is 2.68. The topological polar surface area (TPSA) is 47.3 Å². The Morgan fingerprint density at radius 2 is 2.00 bits per heavy atom. The molecule has 27 heavy (non-hydrogen) atoms. The van der Waals surface area contributed by atoms with Crippen molar-refractivity contribution < 1.29 is 9.18 Å². The van der Waals surface area contributed by atoms with Crippen LogP contribution < -0.4 is 0 Å². The minimum Gasteiger partial charge on any atom is -0.335 e. The first-order valence-corrected chi connectivity index (χ1v) is 9.29. The molecule has 0 saturated carbocycles. The Hall–Kier alpha value is -2.71. The molecule has 1 amide bonds. The number of likely N-dealkylation sites (tertiary alicyclic amines) is 2. The van der Waals surface area contributed by atoms with Gasteiger partial charge < -0.3 is 4.90 Å². The Morgan fingerprint density at radius 1 is 1.19 bits per heavy atom. The third-order valence-corrected chi connectivity index (χ3v) is 5.80. The lowest BCUT2D eigenvalue weighted by atomic mass is 9.89. The summed E-state index contributed by atoms with van der Waals surface area (Å²) in [7, 11) is 0. The molecule has 0 aliphatic carbocycles. The quantitative estimate of drug-likeness (QED) is 0.840. The smallest absolute Gasteiger partial charge is 0.219 e. The highest BCUT2D eigenvalue weighted by Gasteiger charge is 2.48. The molecule has 3 atom stereocenters. The molecule has 2 aliphatic heterocycles. The Bertz CT molecular complexity index is 906. The average molecular weight is 363 g/mol. The van der Waals surface area contributed by atoms with Gasteiger partial charge in [0.05, 0.1) is 17.7 Å². The van der Waals surface area contributed by atoms with Crippen LogP contribution in [0, 0.1) is 29.0 Å². The second kappa shape index (κ2) is 7.13. The van der Waals surface area contributed by atoms with Crippen molar-refractivity contribution in [1.29, 1.82) is 5.26 Å². The predicted molar refractivity (Wildman–Crippen MR) is 99.9 cm³/mol. The van der Waals surface area contributed by atoms with Gasteiger partial charge >= 0.3 is 0 Å². The van der Waals surface area contributed by atoms with Crippen molar-refractivity contribution in [3.8, 4) is 6.07 Å². The summed E-state index contributed by atoms with van der Waals surface area (Å²) >= 11 is 0. The fraction of sp³-hybridized carbons (Fsp3) is 0.364. The fourth-order valence-electron chi connectivity index (χ4n) is 4.71. The van der Waals surface area contributed by atoms with Crippen molar-refractivity contribution in [3.05, 3.63) is 71.0 Å². The van der Waals surface area contributed by atoms with Crippen LogP contribution in [0.25, 0.3) is 0 Å². The Labute approximate surface area is 158 Å². The molecule has 0 bridgehead atoms. The lowest BCUT2D eigenvalue weighted by molar-refractivity contribution is -0.130. The molecule has 2 heterocycles. The van der Waals surface area contributed by atoms with Crippen molar-refractivity contribution in [2.24, 2.45) is 11.8 Å². The van der Waals surface area contributed by atoms with Crippen LogP contribution in [0.15, 0.2) is 48.5 Å². The third kappa shape index (κ3) is 3.45. The van der Waals surface area contributed by atoms with E-state index in [4.69, 9.17) is 5.26 Å². The largest absolute Gasteiger partial charge is 0.335 e. The van der Waals surface area contributed by atoms with Gasteiger partial charge in [-0.1, -0.05) is 24.3 Å². The van der Waals surface area contributed by atoms with E-state index < -0.39 is 0 Å². The van der Waals surface area contributed by atoms with Gasteiger partial charge in [0.2, 0.25) is 5.91 Å². The van der Waals surface area contributed by atoms with Gasteiger partial charge in [0.1, 0.15) is 5.82 Å². The van der Waals surface area contributed by atoms with Crippen LogP contribution in [0.1, 0.15) is 29.7 Å². The summed E-state index contributed by atoms with van der Waals surface area (Å²) in [4.78, 5) is 16.5. The Morgan fingerprint density at radius 3 is 2.74 bits per heavy atom. The Balaban J connectivity index is 1.55. The lowest BCUT2D eigenvalue weighted by Gasteiger charge is -2.29. The highest BCUT2D eigenvalue weighted by molar-refractivity contribution is 5.74. The summed E-state index contributed by atoms with van der Waals surface area (Å²) in [5, 5.41) is 9.09. The van der Waals surface area contributed by atoms with E-state index >= 15 is 0 Å². The minimum absolute atomic E-state index is 0.0481. The summed E-state index contributed by atoms with van der Waals surface area (Å²) < 4.78 is 13.8. The normalized spacial score (nSPS) is 24.6. The van der Waals surface area contributed by atoms with E-state index in [-0.39, 0.29) is 17.8 Å². The van der Waals surface area contributed by atoms with Gasteiger partial charge in [-0.3, -0.25) is 9.69 Å². The molecule has 5 heteroatoms. The van der Waals surface area contributed by atoms with Crippen molar-refractivity contribution >= 4 is 5.91 Å². The number of fused-ring (bicyclic) bond motifs is 1. The van der Waals surface area contributed by atoms with Crippen LogP contribution in [0.3, 0.4) is 0 Å². The number of carbonyl (C=O) groups excluding carboxylic acids is 1. The van der Waals surface area contributed by atoms with Crippen LogP contribution in [0.5, 0.6) is 0 Å². The fourth-order valence-corrected chi connectivity index (χ4v) is 4.71. The molecule has 2 fully saturated rings. The molecule has 4 rings (SSSR count). The molecule has 2 aromatic carbocycles. The second-order valence-electron chi connectivity index (χ2n) is 7.60. The molecule has 0 radical (unpaired) electrons.